The van der Waals surface area contributed by atoms with Crippen LogP contribution in [-0.2, 0) is 21.4 Å². The van der Waals surface area contributed by atoms with Crippen molar-refractivity contribution in [1.29, 1.82) is 0 Å². The Morgan fingerprint density at radius 2 is 1.74 bits per heavy atom. The minimum absolute atomic E-state index is 0.0628. The van der Waals surface area contributed by atoms with Crippen molar-refractivity contribution in [2.45, 2.75) is 11.4 Å². The molecule has 1 N–H and O–H groups in total. The Kier molecular flexibility index (Phi) is 9.07. The summed E-state index contributed by atoms with van der Waals surface area (Å²) < 4.78 is 55.0. The molecule has 0 saturated carbocycles. The number of ether oxygens (including phenoxy) is 2. The Morgan fingerprint density at radius 3 is 2.40 bits per heavy atom. The van der Waals surface area contributed by atoms with Crippen molar-refractivity contribution in [2.24, 2.45) is 0 Å². The number of halogens is 2. The molecule has 3 aromatic rings. The first-order valence-electron chi connectivity index (χ1n) is 10.4. The van der Waals surface area contributed by atoms with Gasteiger partial charge in [0, 0.05) is 24.7 Å². The predicted molar refractivity (Wildman–Crippen MR) is 133 cm³/mol. The number of amides is 2. The van der Waals surface area contributed by atoms with Gasteiger partial charge in [0.05, 0.1) is 19.4 Å². The maximum atomic E-state index is 13.2. The Balaban J connectivity index is 1.84. The summed E-state index contributed by atoms with van der Waals surface area (Å²) >= 11 is 3.40. The third-order valence-corrected chi connectivity index (χ3v) is 6.81. The fraction of sp³-hybridized carbons (Fsp3) is 0.208. The number of urea groups is 1. The second-order valence-electron chi connectivity index (χ2n) is 7.30. The molecule has 0 aromatic heterocycles. The molecule has 0 aliphatic rings. The Bertz CT molecular complexity index is 1270. The van der Waals surface area contributed by atoms with Crippen molar-refractivity contribution in [2.75, 3.05) is 32.7 Å². The van der Waals surface area contributed by atoms with E-state index >= 15 is 0 Å². The zero-order valence-electron chi connectivity index (χ0n) is 19.0. The van der Waals surface area contributed by atoms with Crippen LogP contribution in [0.1, 0.15) is 5.56 Å². The molecule has 3 rings (SSSR count). The average Bonchev–Trinajstić information content (AvgIpc) is 2.83. The summed E-state index contributed by atoms with van der Waals surface area (Å²) in [6, 6.07) is 15.8. The Hall–Kier alpha value is -3.15. The van der Waals surface area contributed by atoms with E-state index in [-0.39, 0.29) is 35.5 Å². The lowest BCUT2D eigenvalue weighted by Gasteiger charge is -2.24. The number of hydrogen-bond acceptors (Lipinski definition) is 6. The number of nitrogens with zero attached hydrogens (tertiary/aromatic N) is 1. The summed E-state index contributed by atoms with van der Waals surface area (Å²) in [7, 11) is -1.34. The molecule has 8 nitrogen and oxygen atoms in total. The van der Waals surface area contributed by atoms with Gasteiger partial charge in [0.2, 0.25) is 0 Å². The smallest absolute Gasteiger partial charge is 0.339 e. The highest BCUT2D eigenvalue weighted by Gasteiger charge is 2.21. The first kappa shape index (κ1) is 26.5. The number of rotatable bonds is 10. The standard InChI is InChI=1S/C24H24BrFN2O6S/c1-32-14-13-28(24(29)27-21-6-4-3-5-20(21)25)16-17-7-12-22(33-2)23(15-17)34-35(30,31)19-10-8-18(26)9-11-19/h3-12,15H,13-14,16H2,1-2H3,(H,27,29). The van der Waals surface area contributed by atoms with Crippen LogP contribution in [0.15, 0.2) is 76.1 Å². The van der Waals surface area contributed by atoms with Gasteiger partial charge in [-0.3, -0.25) is 0 Å². The Labute approximate surface area is 211 Å². The molecule has 0 aliphatic carbocycles. The maximum absolute atomic E-state index is 13.2. The van der Waals surface area contributed by atoms with Gasteiger partial charge in [0.15, 0.2) is 11.5 Å². The lowest BCUT2D eigenvalue weighted by molar-refractivity contribution is 0.153. The molecular weight excluding hydrogens is 543 g/mol. The number of methoxy groups -OCH3 is 2. The highest BCUT2D eigenvalue weighted by atomic mass is 79.9. The van der Waals surface area contributed by atoms with Gasteiger partial charge in [-0.05, 0) is 70.0 Å². The predicted octanol–water partition coefficient (Wildman–Crippen LogP) is 5.05. The lowest BCUT2D eigenvalue weighted by atomic mass is 10.2. The van der Waals surface area contributed by atoms with Crippen LogP contribution in [0.5, 0.6) is 11.5 Å². The summed E-state index contributed by atoms with van der Waals surface area (Å²) in [5.41, 5.74) is 1.19. The van der Waals surface area contributed by atoms with Crippen LogP contribution < -0.4 is 14.2 Å². The Morgan fingerprint density at radius 1 is 1.03 bits per heavy atom. The van der Waals surface area contributed by atoms with Gasteiger partial charge >= 0.3 is 16.1 Å². The summed E-state index contributed by atoms with van der Waals surface area (Å²) in [6.45, 7) is 0.710. The van der Waals surface area contributed by atoms with E-state index in [4.69, 9.17) is 13.7 Å². The monoisotopic (exact) mass is 566 g/mol. The number of para-hydroxylation sites is 1. The summed E-state index contributed by atoms with van der Waals surface area (Å²) in [5, 5.41) is 2.84. The molecule has 0 heterocycles. The molecule has 3 aromatic carbocycles. The highest BCUT2D eigenvalue weighted by molar-refractivity contribution is 9.10. The van der Waals surface area contributed by atoms with Crippen molar-refractivity contribution in [3.8, 4) is 11.5 Å². The van der Waals surface area contributed by atoms with E-state index in [1.807, 2.05) is 12.1 Å². The minimum Gasteiger partial charge on any atom is -0.493 e. The second-order valence-corrected chi connectivity index (χ2v) is 9.70. The summed E-state index contributed by atoms with van der Waals surface area (Å²) in [6.07, 6.45) is 0. The number of carbonyl (C=O) groups excluding carboxylic acids is 1. The molecule has 0 fully saturated rings. The van der Waals surface area contributed by atoms with Crippen molar-refractivity contribution >= 4 is 37.8 Å². The van der Waals surface area contributed by atoms with Crippen LogP contribution in [-0.4, -0.2) is 46.7 Å². The van der Waals surface area contributed by atoms with Gasteiger partial charge in [0.1, 0.15) is 10.7 Å². The van der Waals surface area contributed by atoms with Crippen LogP contribution in [0.3, 0.4) is 0 Å². The van der Waals surface area contributed by atoms with Crippen LogP contribution in [0.4, 0.5) is 14.9 Å². The molecule has 0 radical (unpaired) electrons. The maximum Gasteiger partial charge on any atom is 0.339 e. The van der Waals surface area contributed by atoms with Crippen molar-refractivity contribution in [3.63, 3.8) is 0 Å². The van der Waals surface area contributed by atoms with Gasteiger partial charge in [-0.1, -0.05) is 18.2 Å². The molecular formula is C24H24BrFN2O6S. The van der Waals surface area contributed by atoms with Gasteiger partial charge in [0.25, 0.3) is 0 Å². The third-order valence-electron chi connectivity index (χ3n) is 4.87. The second kappa shape index (κ2) is 12.0. The molecule has 2 amide bonds. The lowest BCUT2D eigenvalue weighted by Crippen LogP contribution is -2.37. The molecule has 0 spiro atoms. The van der Waals surface area contributed by atoms with Crippen LogP contribution in [0, 0.1) is 5.82 Å². The largest absolute Gasteiger partial charge is 0.493 e. The van der Waals surface area contributed by atoms with Crippen LogP contribution in [0.25, 0.3) is 0 Å². The molecule has 0 aliphatic heterocycles. The van der Waals surface area contributed by atoms with Gasteiger partial charge in [-0.25, -0.2) is 9.18 Å². The van der Waals surface area contributed by atoms with Gasteiger partial charge in [-0.2, -0.15) is 8.42 Å². The number of anilines is 1. The molecule has 0 atom stereocenters. The number of benzene rings is 3. The quantitative estimate of drug-likeness (QED) is 0.345. The average molecular weight is 567 g/mol. The minimum atomic E-state index is -4.25. The van der Waals surface area contributed by atoms with E-state index in [0.29, 0.717) is 17.9 Å². The number of hydrogen-bond donors (Lipinski definition) is 1. The summed E-state index contributed by atoms with van der Waals surface area (Å²) in [5.74, 6) is -0.451. The summed E-state index contributed by atoms with van der Waals surface area (Å²) in [4.78, 5) is 14.3. The topological polar surface area (TPSA) is 94.2 Å². The van der Waals surface area contributed by atoms with E-state index in [2.05, 4.69) is 21.2 Å². The van der Waals surface area contributed by atoms with E-state index in [0.717, 1.165) is 28.7 Å². The molecule has 0 bridgehead atoms. The van der Waals surface area contributed by atoms with Crippen molar-refractivity contribution in [3.05, 3.63) is 82.6 Å². The van der Waals surface area contributed by atoms with E-state index in [1.165, 1.54) is 25.2 Å². The van der Waals surface area contributed by atoms with E-state index in [9.17, 15) is 17.6 Å². The fourth-order valence-corrected chi connectivity index (χ4v) is 4.40. The normalized spacial score (nSPS) is 11.1. The van der Waals surface area contributed by atoms with Crippen LogP contribution in [0.2, 0.25) is 0 Å². The molecule has 186 valence electrons. The number of carbonyl (C=O) groups is 1. The van der Waals surface area contributed by atoms with E-state index < -0.39 is 15.9 Å². The van der Waals surface area contributed by atoms with Crippen molar-refractivity contribution < 1.29 is 31.3 Å². The SMILES string of the molecule is COCCN(Cc1ccc(OC)c(OS(=O)(=O)c2ccc(F)cc2)c1)C(=O)Nc1ccccc1Br. The number of nitrogens with one attached hydrogen (secondary N) is 1. The molecule has 0 saturated heterocycles. The molecule has 11 heteroatoms. The molecule has 0 unspecified atom stereocenters. The fourth-order valence-electron chi connectivity index (χ4n) is 3.08. The van der Waals surface area contributed by atoms with Gasteiger partial charge < -0.3 is 23.9 Å². The zero-order valence-corrected chi connectivity index (χ0v) is 21.4. The first-order valence-corrected chi connectivity index (χ1v) is 12.6. The van der Waals surface area contributed by atoms with Crippen molar-refractivity contribution in [1.82, 2.24) is 4.90 Å². The first-order chi connectivity index (χ1) is 16.7. The van der Waals surface area contributed by atoms with Crippen LogP contribution >= 0.6 is 15.9 Å². The highest BCUT2D eigenvalue weighted by Crippen LogP contribution is 2.31. The third kappa shape index (κ3) is 7.17. The zero-order chi connectivity index (χ0) is 25.4. The van der Waals surface area contributed by atoms with Gasteiger partial charge in [-0.15, -0.1) is 0 Å². The molecule has 35 heavy (non-hydrogen) atoms. The van der Waals surface area contributed by atoms with E-state index in [1.54, 1.807) is 24.3 Å².